The predicted octanol–water partition coefficient (Wildman–Crippen LogP) is -0.447. The number of hydroxylamine groups is 1. The van der Waals surface area contributed by atoms with Gasteiger partial charge in [-0.15, -0.1) is 0 Å². The molecule has 0 fully saturated rings. The zero-order valence-electron chi connectivity index (χ0n) is 8.16. The highest BCUT2D eigenvalue weighted by atomic mass is 16.6. The molecule has 0 rings (SSSR count). The van der Waals surface area contributed by atoms with Crippen molar-refractivity contribution in [1.29, 1.82) is 0 Å². The standard InChI is InChI=1S/C8H16N2O4/c1-2-7(11)14-8(12)6(9)4-3-5-10-13/h6,10,13H,2-5,9H2,1H3/t6-/m0/s1. The van der Waals surface area contributed by atoms with E-state index in [1.54, 1.807) is 6.92 Å². The smallest absolute Gasteiger partial charge is 0.330 e. The summed E-state index contributed by atoms with van der Waals surface area (Å²) in [4.78, 5) is 21.8. The van der Waals surface area contributed by atoms with Gasteiger partial charge in [0.25, 0.3) is 0 Å². The number of carbonyl (C=O) groups excluding carboxylic acids is 2. The van der Waals surface area contributed by atoms with Gasteiger partial charge in [0, 0.05) is 13.0 Å². The van der Waals surface area contributed by atoms with E-state index in [4.69, 9.17) is 10.9 Å². The average Bonchev–Trinajstić information content (AvgIpc) is 2.17. The van der Waals surface area contributed by atoms with Gasteiger partial charge >= 0.3 is 11.9 Å². The number of carbonyl (C=O) groups is 2. The van der Waals surface area contributed by atoms with Crippen LogP contribution in [0.1, 0.15) is 26.2 Å². The quantitative estimate of drug-likeness (QED) is 0.234. The maximum Gasteiger partial charge on any atom is 0.330 e. The number of nitrogens with one attached hydrogen (secondary N) is 1. The first kappa shape index (κ1) is 13.0. The van der Waals surface area contributed by atoms with Crippen molar-refractivity contribution in [1.82, 2.24) is 5.48 Å². The van der Waals surface area contributed by atoms with E-state index in [0.29, 0.717) is 19.4 Å². The molecule has 0 radical (unpaired) electrons. The third-order valence-corrected chi connectivity index (χ3v) is 1.61. The van der Waals surface area contributed by atoms with Gasteiger partial charge in [-0.25, -0.2) is 10.3 Å². The van der Waals surface area contributed by atoms with Crippen LogP contribution in [0.15, 0.2) is 0 Å². The van der Waals surface area contributed by atoms with Crippen molar-refractivity contribution in [3.05, 3.63) is 0 Å². The first-order valence-electron chi connectivity index (χ1n) is 4.48. The van der Waals surface area contributed by atoms with Gasteiger partial charge in [0.05, 0.1) is 0 Å². The lowest BCUT2D eigenvalue weighted by atomic mass is 10.2. The molecule has 0 unspecified atom stereocenters. The van der Waals surface area contributed by atoms with E-state index < -0.39 is 18.0 Å². The lowest BCUT2D eigenvalue weighted by Crippen LogP contribution is -2.34. The number of hydrogen-bond acceptors (Lipinski definition) is 6. The maximum atomic E-state index is 11.1. The third-order valence-electron chi connectivity index (χ3n) is 1.61. The third kappa shape index (κ3) is 5.63. The minimum atomic E-state index is -0.807. The van der Waals surface area contributed by atoms with Crippen molar-refractivity contribution >= 4 is 11.9 Å². The molecule has 14 heavy (non-hydrogen) atoms. The van der Waals surface area contributed by atoms with E-state index in [0.717, 1.165) is 0 Å². The van der Waals surface area contributed by atoms with Gasteiger partial charge in [0.2, 0.25) is 0 Å². The molecule has 0 aliphatic rings. The lowest BCUT2D eigenvalue weighted by molar-refractivity contribution is -0.160. The fourth-order valence-electron chi connectivity index (χ4n) is 0.779. The largest absolute Gasteiger partial charge is 0.392 e. The molecule has 1 atom stereocenters. The second kappa shape index (κ2) is 7.43. The Morgan fingerprint density at radius 2 is 2.21 bits per heavy atom. The van der Waals surface area contributed by atoms with Gasteiger partial charge < -0.3 is 15.7 Å². The van der Waals surface area contributed by atoms with Crippen molar-refractivity contribution in [2.75, 3.05) is 6.54 Å². The second-order valence-corrected chi connectivity index (χ2v) is 2.80. The molecular weight excluding hydrogens is 188 g/mol. The van der Waals surface area contributed by atoms with E-state index in [9.17, 15) is 9.59 Å². The fraction of sp³-hybridized carbons (Fsp3) is 0.750. The van der Waals surface area contributed by atoms with Crippen LogP contribution in [-0.4, -0.2) is 29.7 Å². The van der Waals surface area contributed by atoms with E-state index in [-0.39, 0.29) is 6.42 Å². The second-order valence-electron chi connectivity index (χ2n) is 2.80. The van der Waals surface area contributed by atoms with E-state index in [1.165, 1.54) is 0 Å². The number of hydrogen-bond donors (Lipinski definition) is 3. The lowest BCUT2D eigenvalue weighted by Gasteiger charge is -2.08. The summed E-state index contributed by atoms with van der Waals surface area (Å²) in [5, 5.41) is 8.24. The molecule has 6 nitrogen and oxygen atoms in total. The van der Waals surface area contributed by atoms with Crippen LogP contribution >= 0.6 is 0 Å². The molecule has 82 valence electrons. The van der Waals surface area contributed by atoms with Crippen molar-refractivity contribution < 1.29 is 19.5 Å². The van der Waals surface area contributed by atoms with Crippen LogP contribution < -0.4 is 11.2 Å². The van der Waals surface area contributed by atoms with Crippen LogP contribution in [-0.2, 0) is 14.3 Å². The molecule has 0 spiro atoms. The summed E-state index contributed by atoms with van der Waals surface area (Å²) in [6, 6.07) is -0.807. The fourth-order valence-corrected chi connectivity index (χ4v) is 0.779. The Kier molecular flexibility index (Phi) is 6.91. The summed E-state index contributed by atoms with van der Waals surface area (Å²) in [6.07, 6.45) is 1.05. The van der Waals surface area contributed by atoms with Crippen molar-refractivity contribution in [3.63, 3.8) is 0 Å². The Morgan fingerprint density at radius 1 is 1.57 bits per heavy atom. The Balaban J connectivity index is 3.70. The van der Waals surface area contributed by atoms with Crippen LogP contribution in [0.3, 0.4) is 0 Å². The Labute approximate surface area is 82.4 Å². The van der Waals surface area contributed by atoms with Crippen LogP contribution in [0.4, 0.5) is 0 Å². The number of rotatable bonds is 6. The molecule has 0 heterocycles. The van der Waals surface area contributed by atoms with Crippen LogP contribution in [0.5, 0.6) is 0 Å². The number of nitrogens with two attached hydrogens (primary N) is 1. The molecule has 6 heteroatoms. The molecule has 0 saturated heterocycles. The Morgan fingerprint density at radius 3 is 2.71 bits per heavy atom. The zero-order chi connectivity index (χ0) is 11.0. The summed E-state index contributed by atoms with van der Waals surface area (Å²) in [5.74, 6) is -1.29. The van der Waals surface area contributed by atoms with Gasteiger partial charge in [-0.3, -0.25) is 4.79 Å². The van der Waals surface area contributed by atoms with Gasteiger partial charge in [-0.05, 0) is 12.8 Å². The Hall–Kier alpha value is -0.980. The first-order chi connectivity index (χ1) is 6.61. The highest BCUT2D eigenvalue weighted by Crippen LogP contribution is 1.97. The van der Waals surface area contributed by atoms with Crippen molar-refractivity contribution in [3.8, 4) is 0 Å². The molecule has 0 bridgehead atoms. The van der Waals surface area contributed by atoms with Crippen LogP contribution in [0.2, 0.25) is 0 Å². The summed E-state index contributed by atoms with van der Waals surface area (Å²) in [7, 11) is 0. The molecule has 0 aromatic heterocycles. The topological polar surface area (TPSA) is 102 Å². The number of ether oxygens (including phenoxy) is 1. The summed E-state index contributed by atoms with van der Waals surface area (Å²) in [5.41, 5.74) is 7.36. The Bertz CT molecular complexity index is 196. The van der Waals surface area contributed by atoms with Gasteiger partial charge in [-0.1, -0.05) is 6.92 Å². The highest BCUT2D eigenvalue weighted by Gasteiger charge is 2.17. The van der Waals surface area contributed by atoms with Crippen molar-refractivity contribution in [2.45, 2.75) is 32.2 Å². The minimum absolute atomic E-state index is 0.149. The molecule has 0 aromatic rings. The highest BCUT2D eigenvalue weighted by molar-refractivity contribution is 5.88. The normalized spacial score (nSPS) is 12.2. The maximum absolute atomic E-state index is 11.1. The van der Waals surface area contributed by atoms with Crippen LogP contribution in [0.25, 0.3) is 0 Å². The van der Waals surface area contributed by atoms with Gasteiger partial charge in [0.1, 0.15) is 6.04 Å². The average molecular weight is 204 g/mol. The molecule has 0 aliphatic heterocycles. The first-order valence-corrected chi connectivity index (χ1v) is 4.48. The minimum Gasteiger partial charge on any atom is -0.392 e. The van der Waals surface area contributed by atoms with Gasteiger partial charge in [-0.2, -0.15) is 0 Å². The van der Waals surface area contributed by atoms with E-state index in [1.807, 2.05) is 5.48 Å². The molecule has 0 saturated carbocycles. The summed E-state index contributed by atoms with van der Waals surface area (Å²) in [6.45, 7) is 1.94. The molecule has 0 amide bonds. The number of esters is 2. The van der Waals surface area contributed by atoms with Crippen LogP contribution in [0, 0.1) is 0 Å². The van der Waals surface area contributed by atoms with Gasteiger partial charge in [0.15, 0.2) is 0 Å². The molecule has 0 aromatic carbocycles. The van der Waals surface area contributed by atoms with E-state index >= 15 is 0 Å². The zero-order valence-corrected chi connectivity index (χ0v) is 8.16. The molecule has 0 aliphatic carbocycles. The SMILES string of the molecule is CCC(=O)OC(=O)[C@@H](N)CCCNO. The predicted molar refractivity (Wildman–Crippen MR) is 48.4 cm³/mol. The monoisotopic (exact) mass is 204 g/mol. The van der Waals surface area contributed by atoms with Crippen molar-refractivity contribution in [2.24, 2.45) is 5.73 Å². The molecule has 4 N–H and O–H groups in total. The summed E-state index contributed by atoms with van der Waals surface area (Å²) >= 11 is 0. The molecular formula is C8H16N2O4. The van der Waals surface area contributed by atoms with E-state index in [2.05, 4.69) is 4.74 Å². The summed E-state index contributed by atoms with van der Waals surface area (Å²) < 4.78 is 4.41.